The summed E-state index contributed by atoms with van der Waals surface area (Å²) in [6, 6.07) is 2.90. The third-order valence-corrected chi connectivity index (χ3v) is 3.64. The average Bonchev–Trinajstić information content (AvgIpc) is 3.06. The van der Waals surface area contributed by atoms with Crippen LogP contribution in [0.2, 0.25) is 0 Å². The minimum absolute atomic E-state index is 0. The van der Waals surface area contributed by atoms with Crippen LogP contribution < -0.4 is 24.8 Å². The minimum Gasteiger partial charge on any atom is -0.454 e. The molecule has 0 spiro atoms. The zero-order valence-electron chi connectivity index (χ0n) is 16.5. The number of aliphatic imine (C=N–C) groups is 1. The first-order chi connectivity index (χ1) is 13.3. The summed E-state index contributed by atoms with van der Waals surface area (Å²) in [5, 5.41) is 5.92. The lowest BCUT2D eigenvalue weighted by Gasteiger charge is -2.15. The van der Waals surface area contributed by atoms with Crippen LogP contribution in [0.3, 0.4) is 0 Å². The number of amides is 1. The van der Waals surface area contributed by atoms with E-state index in [0.717, 1.165) is 5.57 Å². The van der Waals surface area contributed by atoms with Gasteiger partial charge in [0.1, 0.15) is 5.75 Å². The highest BCUT2D eigenvalue weighted by Gasteiger charge is 2.20. The molecule has 0 bridgehead atoms. The number of rotatable bonds is 8. The number of ether oxygens (including phenoxy) is 3. The fourth-order valence-corrected chi connectivity index (χ4v) is 2.19. The number of benzene rings is 1. The monoisotopic (exact) mass is 526 g/mol. The molecule has 0 radical (unpaired) electrons. The zero-order chi connectivity index (χ0) is 20.7. The second-order valence-corrected chi connectivity index (χ2v) is 6.31. The lowest BCUT2D eigenvalue weighted by molar-refractivity contribution is -0.127. The van der Waals surface area contributed by atoms with E-state index in [1.54, 1.807) is 20.2 Å². The van der Waals surface area contributed by atoms with Gasteiger partial charge in [-0.05, 0) is 13.0 Å². The molecule has 1 aliphatic rings. The summed E-state index contributed by atoms with van der Waals surface area (Å²) in [5.74, 6) is 0.901. The highest BCUT2D eigenvalue weighted by atomic mass is 127. The number of fused-ring (bicyclic) bond motifs is 1. The summed E-state index contributed by atoms with van der Waals surface area (Å²) < 4.78 is 40.5. The number of hydrogen-bond donors (Lipinski definition) is 2. The number of hydrogen-bond acceptors (Lipinski definition) is 5. The van der Waals surface area contributed by atoms with Crippen molar-refractivity contribution in [3.63, 3.8) is 0 Å². The molecule has 0 unspecified atom stereocenters. The third-order valence-electron chi connectivity index (χ3n) is 3.64. The van der Waals surface area contributed by atoms with E-state index in [9.17, 15) is 13.6 Å². The number of guanidine groups is 1. The second-order valence-electron chi connectivity index (χ2n) is 6.31. The second kappa shape index (κ2) is 11.6. The van der Waals surface area contributed by atoms with Crippen molar-refractivity contribution in [3.8, 4) is 17.2 Å². The van der Waals surface area contributed by atoms with Gasteiger partial charge in [-0.1, -0.05) is 12.2 Å². The van der Waals surface area contributed by atoms with Gasteiger partial charge in [-0.2, -0.15) is 8.78 Å². The predicted octanol–water partition coefficient (Wildman–Crippen LogP) is 2.33. The van der Waals surface area contributed by atoms with Crippen molar-refractivity contribution in [1.82, 2.24) is 15.5 Å². The highest BCUT2D eigenvalue weighted by molar-refractivity contribution is 14.0. The van der Waals surface area contributed by atoms with Crippen molar-refractivity contribution in [2.24, 2.45) is 4.99 Å². The highest BCUT2D eigenvalue weighted by Crippen LogP contribution is 2.38. The van der Waals surface area contributed by atoms with Gasteiger partial charge in [-0.15, -0.1) is 24.0 Å². The normalized spacial score (nSPS) is 12.3. The van der Waals surface area contributed by atoms with Crippen LogP contribution in [0.15, 0.2) is 29.3 Å². The van der Waals surface area contributed by atoms with Gasteiger partial charge in [0.15, 0.2) is 17.5 Å². The zero-order valence-corrected chi connectivity index (χ0v) is 18.8. The van der Waals surface area contributed by atoms with Gasteiger partial charge in [0.25, 0.3) is 0 Å². The molecule has 11 heteroatoms. The first-order valence-electron chi connectivity index (χ1n) is 8.50. The van der Waals surface area contributed by atoms with E-state index >= 15 is 0 Å². The molecule has 0 fully saturated rings. The molecular formula is C18H25F2IN4O4. The Morgan fingerprint density at radius 2 is 1.90 bits per heavy atom. The average molecular weight is 526 g/mol. The first-order valence-corrected chi connectivity index (χ1v) is 8.50. The van der Waals surface area contributed by atoms with E-state index < -0.39 is 6.61 Å². The summed E-state index contributed by atoms with van der Waals surface area (Å²) >= 11 is 0. The third kappa shape index (κ3) is 7.91. The lowest BCUT2D eigenvalue weighted by atomic mass is 10.1. The van der Waals surface area contributed by atoms with Gasteiger partial charge in [-0.25, -0.2) is 4.99 Å². The van der Waals surface area contributed by atoms with Crippen molar-refractivity contribution in [2.45, 2.75) is 20.1 Å². The van der Waals surface area contributed by atoms with Gasteiger partial charge in [-0.3, -0.25) is 4.79 Å². The van der Waals surface area contributed by atoms with E-state index in [2.05, 4.69) is 26.9 Å². The van der Waals surface area contributed by atoms with Crippen LogP contribution in [0.25, 0.3) is 0 Å². The number of nitrogens with zero attached hydrogens (tertiary/aromatic N) is 2. The number of nitrogens with one attached hydrogen (secondary N) is 2. The summed E-state index contributed by atoms with van der Waals surface area (Å²) in [7, 11) is 3.28. The molecule has 0 atom stereocenters. The number of likely N-dealkylation sites (N-methyl/N-ethyl adjacent to an activating group) is 1. The van der Waals surface area contributed by atoms with E-state index in [4.69, 9.17) is 9.47 Å². The van der Waals surface area contributed by atoms with Gasteiger partial charge in [0.05, 0.1) is 13.1 Å². The van der Waals surface area contributed by atoms with Crippen molar-refractivity contribution in [2.75, 3.05) is 34.0 Å². The van der Waals surface area contributed by atoms with E-state index in [1.165, 1.54) is 11.0 Å². The van der Waals surface area contributed by atoms with Crippen molar-refractivity contribution in [1.29, 1.82) is 0 Å². The van der Waals surface area contributed by atoms with Crippen LogP contribution in [0, 0.1) is 0 Å². The van der Waals surface area contributed by atoms with Crippen LogP contribution in [-0.4, -0.2) is 57.4 Å². The maximum absolute atomic E-state index is 12.7. The van der Waals surface area contributed by atoms with Gasteiger partial charge >= 0.3 is 6.61 Å². The van der Waals surface area contributed by atoms with E-state index in [0.29, 0.717) is 29.6 Å². The molecule has 2 N–H and O–H groups in total. The molecule has 0 saturated carbocycles. The van der Waals surface area contributed by atoms with Crippen molar-refractivity contribution in [3.05, 3.63) is 29.8 Å². The van der Waals surface area contributed by atoms with Crippen LogP contribution in [0.5, 0.6) is 17.2 Å². The van der Waals surface area contributed by atoms with Crippen molar-refractivity contribution >= 4 is 35.8 Å². The van der Waals surface area contributed by atoms with Crippen molar-refractivity contribution < 1.29 is 27.8 Å². The summed E-state index contributed by atoms with van der Waals surface area (Å²) in [5.41, 5.74) is 1.25. The molecular weight excluding hydrogens is 501 g/mol. The van der Waals surface area contributed by atoms with Gasteiger partial charge < -0.3 is 29.7 Å². The van der Waals surface area contributed by atoms with Crippen LogP contribution in [0.1, 0.15) is 12.5 Å². The largest absolute Gasteiger partial charge is 0.454 e. The molecule has 1 aromatic carbocycles. The molecule has 8 nitrogen and oxygen atoms in total. The molecule has 2 rings (SSSR count). The fraction of sp³-hybridized carbons (Fsp3) is 0.444. The molecule has 1 amide bonds. The first kappa shape index (κ1) is 24.7. The Bertz CT molecular complexity index is 760. The Morgan fingerprint density at radius 3 is 2.48 bits per heavy atom. The Hall–Kier alpha value is -2.31. The topological polar surface area (TPSA) is 84.4 Å². The molecule has 1 aromatic rings. The lowest BCUT2D eigenvalue weighted by Crippen LogP contribution is -2.43. The number of alkyl halides is 2. The Kier molecular flexibility index (Phi) is 9.92. The maximum Gasteiger partial charge on any atom is 0.387 e. The summed E-state index contributed by atoms with van der Waals surface area (Å²) in [6.07, 6.45) is 0. The Balaban J connectivity index is 0.00000420. The summed E-state index contributed by atoms with van der Waals surface area (Å²) in [6.45, 7) is 3.13. The van der Waals surface area contributed by atoms with Crippen LogP contribution >= 0.6 is 24.0 Å². The molecule has 0 aromatic heterocycles. The molecule has 29 heavy (non-hydrogen) atoms. The number of carbonyl (C=O) groups is 1. The molecule has 0 aliphatic carbocycles. The Morgan fingerprint density at radius 1 is 1.28 bits per heavy atom. The number of carbonyl (C=O) groups excluding carboxylic acids is 1. The SMILES string of the molecule is C=C(C)CNC(=NCc1cc2c(cc1OC(F)F)OCO2)NCC(=O)N(C)C.I. The molecule has 1 heterocycles. The van der Waals surface area contributed by atoms with E-state index in [-0.39, 0.29) is 55.5 Å². The van der Waals surface area contributed by atoms with E-state index in [1.807, 2.05) is 6.92 Å². The maximum atomic E-state index is 12.7. The molecule has 1 aliphatic heterocycles. The van der Waals surface area contributed by atoms with Crippen LogP contribution in [-0.2, 0) is 11.3 Å². The summed E-state index contributed by atoms with van der Waals surface area (Å²) in [4.78, 5) is 17.6. The van der Waals surface area contributed by atoms with Gasteiger partial charge in [0.2, 0.25) is 12.7 Å². The molecule has 0 saturated heterocycles. The van der Waals surface area contributed by atoms with Crippen LogP contribution in [0.4, 0.5) is 8.78 Å². The number of halogens is 3. The Labute approximate surface area is 185 Å². The standard InChI is InChI=1S/C18H24F2N4O4.HI/c1-11(2)7-21-18(23-9-16(25)24(3)4)22-8-12-5-14-15(27-10-26-14)6-13(12)28-17(19)20;/h5-6,17H,1,7-10H2,2-4H3,(H2,21,22,23);1H. The smallest absolute Gasteiger partial charge is 0.387 e. The fourth-order valence-electron chi connectivity index (χ4n) is 2.19. The predicted molar refractivity (Wildman–Crippen MR) is 115 cm³/mol. The minimum atomic E-state index is -2.99. The molecule has 162 valence electrons. The van der Waals surface area contributed by atoms with Gasteiger partial charge in [0, 0.05) is 32.3 Å². The quantitative estimate of drug-likeness (QED) is 0.234.